The Morgan fingerprint density at radius 2 is 1.81 bits per heavy atom. The fraction of sp³-hybridized carbons (Fsp3) is 0.929. The Hall–Kier alpha value is -0.530. The van der Waals surface area contributed by atoms with Crippen LogP contribution in [0.1, 0.15) is 53.4 Å². The molecule has 2 aliphatic rings. The van der Waals surface area contributed by atoms with Crippen LogP contribution in [0, 0.1) is 16.7 Å². The van der Waals surface area contributed by atoms with Crippen LogP contribution in [-0.2, 0) is 0 Å². The van der Waals surface area contributed by atoms with Gasteiger partial charge in [-0.3, -0.25) is 4.99 Å². The summed E-state index contributed by atoms with van der Waals surface area (Å²) in [7, 11) is 0. The van der Waals surface area contributed by atoms with Crippen molar-refractivity contribution in [2.45, 2.75) is 53.4 Å². The number of nitrogens with one attached hydrogen (secondary N) is 1. The van der Waals surface area contributed by atoms with Gasteiger partial charge in [0.15, 0.2) is 0 Å². The molecule has 92 valence electrons. The van der Waals surface area contributed by atoms with Gasteiger partial charge in [0.25, 0.3) is 0 Å². The molecule has 1 N–H and O–H groups in total. The van der Waals surface area contributed by atoms with Crippen LogP contribution in [0.2, 0.25) is 0 Å². The van der Waals surface area contributed by atoms with Crippen molar-refractivity contribution in [2.75, 3.05) is 13.1 Å². The Kier molecular flexibility index (Phi) is 3.02. The molecule has 16 heavy (non-hydrogen) atoms. The van der Waals surface area contributed by atoms with Gasteiger partial charge in [0, 0.05) is 19.5 Å². The summed E-state index contributed by atoms with van der Waals surface area (Å²) < 4.78 is 0. The van der Waals surface area contributed by atoms with E-state index in [1.165, 1.54) is 25.1 Å². The molecule has 1 saturated carbocycles. The van der Waals surface area contributed by atoms with E-state index >= 15 is 0 Å². The minimum absolute atomic E-state index is 0.491. The molecule has 0 saturated heterocycles. The summed E-state index contributed by atoms with van der Waals surface area (Å²) in [5, 5.41) is 3.58. The Balaban J connectivity index is 1.82. The Morgan fingerprint density at radius 3 is 2.44 bits per heavy atom. The lowest BCUT2D eigenvalue weighted by Gasteiger charge is -2.09. The lowest BCUT2D eigenvalue weighted by Crippen LogP contribution is -2.27. The number of hydrogen-bond acceptors (Lipinski definition) is 2. The third kappa shape index (κ3) is 1.99. The molecule has 1 fully saturated rings. The molecule has 0 radical (unpaired) electrons. The molecule has 0 aromatic heterocycles. The smallest absolute Gasteiger partial charge is 0.0963 e. The molecule has 0 aromatic carbocycles. The van der Waals surface area contributed by atoms with E-state index < -0.39 is 0 Å². The zero-order valence-electron chi connectivity index (χ0n) is 11.3. The average Bonchev–Trinajstić information content (AvgIpc) is 2.73. The molecule has 0 spiro atoms. The van der Waals surface area contributed by atoms with Crippen molar-refractivity contribution in [1.82, 2.24) is 5.32 Å². The van der Waals surface area contributed by atoms with Crippen molar-refractivity contribution in [1.29, 1.82) is 0 Å². The largest absolute Gasteiger partial charge is 0.374 e. The van der Waals surface area contributed by atoms with Crippen molar-refractivity contribution in [3.05, 3.63) is 0 Å². The zero-order chi connectivity index (χ0) is 11.8. The van der Waals surface area contributed by atoms with Crippen LogP contribution in [0.3, 0.4) is 0 Å². The number of amidine groups is 1. The highest BCUT2D eigenvalue weighted by Gasteiger charge is 2.64. The predicted octanol–water partition coefficient (Wildman–Crippen LogP) is 3.23. The summed E-state index contributed by atoms with van der Waals surface area (Å²) >= 11 is 0. The molecule has 0 atom stereocenters. The van der Waals surface area contributed by atoms with Gasteiger partial charge >= 0.3 is 0 Å². The van der Waals surface area contributed by atoms with E-state index in [2.05, 4.69) is 38.0 Å². The first-order chi connectivity index (χ1) is 7.46. The monoisotopic (exact) mass is 222 g/mol. The number of rotatable bonds is 2. The van der Waals surface area contributed by atoms with Crippen LogP contribution in [-0.4, -0.2) is 18.9 Å². The van der Waals surface area contributed by atoms with Crippen LogP contribution in [0.25, 0.3) is 0 Å². The topological polar surface area (TPSA) is 24.4 Å². The van der Waals surface area contributed by atoms with Crippen LogP contribution >= 0.6 is 0 Å². The number of aliphatic imine (C=N–C) groups is 1. The Morgan fingerprint density at radius 1 is 1.12 bits per heavy atom. The summed E-state index contributed by atoms with van der Waals surface area (Å²) in [5.74, 6) is 2.06. The SMILES string of the molecule is CC1(C)C(CNC2=NCCCCC2)C1(C)C. The van der Waals surface area contributed by atoms with Gasteiger partial charge in [-0.1, -0.05) is 34.1 Å². The fourth-order valence-electron chi connectivity index (χ4n) is 3.08. The highest BCUT2D eigenvalue weighted by atomic mass is 15.0. The molecule has 2 heteroatoms. The molecular weight excluding hydrogens is 196 g/mol. The standard InChI is InChI=1S/C14H26N2/c1-13(2)11(14(13,3)4)10-16-12-8-6-5-7-9-15-12/h11H,5-10H2,1-4H3,(H,15,16). The van der Waals surface area contributed by atoms with Gasteiger partial charge in [0.2, 0.25) is 0 Å². The number of hydrogen-bond donors (Lipinski definition) is 1. The van der Waals surface area contributed by atoms with Crippen molar-refractivity contribution in [3.8, 4) is 0 Å². The van der Waals surface area contributed by atoms with Crippen LogP contribution < -0.4 is 5.32 Å². The molecule has 0 amide bonds. The first kappa shape index (κ1) is 11.9. The van der Waals surface area contributed by atoms with Crippen LogP contribution in [0.15, 0.2) is 4.99 Å². The van der Waals surface area contributed by atoms with E-state index in [9.17, 15) is 0 Å². The summed E-state index contributed by atoms with van der Waals surface area (Å²) in [4.78, 5) is 4.62. The van der Waals surface area contributed by atoms with Gasteiger partial charge in [-0.2, -0.15) is 0 Å². The van der Waals surface area contributed by atoms with Crippen LogP contribution in [0.4, 0.5) is 0 Å². The molecule has 0 bridgehead atoms. The van der Waals surface area contributed by atoms with Gasteiger partial charge in [-0.05, 0) is 29.6 Å². The third-order valence-corrected chi connectivity index (χ3v) is 5.20. The normalized spacial score (nSPS) is 28.1. The molecule has 0 aromatic rings. The van der Waals surface area contributed by atoms with E-state index in [1.807, 2.05) is 0 Å². The second kappa shape index (κ2) is 4.05. The molecule has 1 aliphatic heterocycles. The highest BCUT2D eigenvalue weighted by Crippen LogP contribution is 2.67. The summed E-state index contributed by atoms with van der Waals surface area (Å²) in [6.45, 7) is 11.7. The Labute approximate surface area is 99.9 Å². The second-order valence-electron chi connectivity index (χ2n) is 6.52. The minimum Gasteiger partial charge on any atom is -0.374 e. The van der Waals surface area contributed by atoms with Crippen molar-refractivity contribution in [2.24, 2.45) is 21.7 Å². The van der Waals surface area contributed by atoms with E-state index in [-0.39, 0.29) is 0 Å². The first-order valence-corrected chi connectivity index (χ1v) is 6.73. The molecule has 2 rings (SSSR count). The maximum Gasteiger partial charge on any atom is 0.0963 e. The molecule has 1 aliphatic carbocycles. The minimum atomic E-state index is 0.491. The predicted molar refractivity (Wildman–Crippen MR) is 69.8 cm³/mol. The maximum absolute atomic E-state index is 4.62. The average molecular weight is 222 g/mol. The summed E-state index contributed by atoms with van der Waals surface area (Å²) in [6.07, 6.45) is 5.08. The summed E-state index contributed by atoms with van der Waals surface area (Å²) in [6, 6.07) is 0. The molecular formula is C14H26N2. The molecule has 0 unspecified atom stereocenters. The van der Waals surface area contributed by atoms with Crippen molar-refractivity contribution < 1.29 is 0 Å². The van der Waals surface area contributed by atoms with Gasteiger partial charge in [0.05, 0.1) is 5.84 Å². The lowest BCUT2D eigenvalue weighted by atomic mass is 10.0. The third-order valence-electron chi connectivity index (χ3n) is 5.20. The lowest BCUT2D eigenvalue weighted by molar-refractivity contribution is 0.457. The molecule has 2 nitrogen and oxygen atoms in total. The van der Waals surface area contributed by atoms with E-state index in [1.54, 1.807) is 0 Å². The van der Waals surface area contributed by atoms with Crippen molar-refractivity contribution >= 4 is 5.84 Å². The highest BCUT2D eigenvalue weighted by molar-refractivity contribution is 5.82. The second-order valence-corrected chi connectivity index (χ2v) is 6.52. The maximum atomic E-state index is 4.62. The van der Waals surface area contributed by atoms with E-state index in [0.29, 0.717) is 10.8 Å². The van der Waals surface area contributed by atoms with Crippen molar-refractivity contribution in [3.63, 3.8) is 0 Å². The van der Waals surface area contributed by atoms with E-state index in [4.69, 9.17) is 0 Å². The van der Waals surface area contributed by atoms with Gasteiger partial charge < -0.3 is 5.32 Å². The Bertz CT molecular complexity index is 275. The number of nitrogens with zero attached hydrogens (tertiary/aromatic N) is 1. The van der Waals surface area contributed by atoms with E-state index in [0.717, 1.165) is 25.4 Å². The fourth-order valence-corrected chi connectivity index (χ4v) is 3.08. The van der Waals surface area contributed by atoms with Gasteiger partial charge in [-0.25, -0.2) is 0 Å². The zero-order valence-corrected chi connectivity index (χ0v) is 11.3. The molecule has 1 heterocycles. The van der Waals surface area contributed by atoms with Crippen LogP contribution in [0.5, 0.6) is 0 Å². The summed E-state index contributed by atoms with van der Waals surface area (Å²) in [5.41, 5.74) is 0.983. The quantitative estimate of drug-likeness (QED) is 0.762. The van der Waals surface area contributed by atoms with Gasteiger partial charge in [0.1, 0.15) is 0 Å². The first-order valence-electron chi connectivity index (χ1n) is 6.73. The van der Waals surface area contributed by atoms with Gasteiger partial charge in [-0.15, -0.1) is 0 Å².